The van der Waals surface area contributed by atoms with Crippen molar-refractivity contribution in [1.82, 2.24) is 15.1 Å². The summed E-state index contributed by atoms with van der Waals surface area (Å²) in [7, 11) is 0. The van der Waals surface area contributed by atoms with Crippen molar-refractivity contribution in [2.75, 3.05) is 6.54 Å². The van der Waals surface area contributed by atoms with Crippen molar-refractivity contribution in [2.45, 2.75) is 32.4 Å². The van der Waals surface area contributed by atoms with Gasteiger partial charge in [0.25, 0.3) is 0 Å². The predicted molar refractivity (Wildman–Crippen MR) is 54.6 cm³/mol. The van der Waals surface area contributed by atoms with Crippen molar-refractivity contribution in [1.29, 1.82) is 0 Å². The van der Waals surface area contributed by atoms with Crippen LogP contribution in [0.15, 0.2) is 12.4 Å². The molecule has 0 saturated carbocycles. The number of amides is 1. The van der Waals surface area contributed by atoms with Gasteiger partial charge in [-0.1, -0.05) is 13.8 Å². The largest absolute Gasteiger partial charge is 0.442 e. The molecule has 1 N–H and O–H groups in total. The number of cyclic esters (lactones) is 1. The molecule has 0 aromatic carbocycles. The maximum atomic E-state index is 10.8. The summed E-state index contributed by atoms with van der Waals surface area (Å²) >= 11 is 0. The predicted octanol–water partition coefficient (Wildman–Crippen LogP) is 1.11. The fourth-order valence-electron chi connectivity index (χ4n) is 1.52. The summed E-state index contributed by atoms with van der Waals surface area (Å²) in [6.45, 7) is 5.43. The normalized spacial score (nSPS) is 20.5. The number of nitrogens with zero attached hydrogens (tertiary/aromatic N) is 2. The van der Waals surface area contributed by atoms with E-state index in [1.54, 1.807) is 0 Å². The van der Waals surface area contributed by atoms with Crippen LogP contribution in [0.25, 0.3) is 0 Å². The van der Waals surface area contributed by atoms with Crippen molar-refractivity contribution >= 4 is 6.09 Å². The van der Waals surface area contributed by atoms with Crippen LogP contribution < -0.4 is 5.32 Å². The highest BCUT2D eigenvalue weighted by atomic mass is 16.6. The smallest absolute Gasteiger partial charge is 0.407 e. The maximum Gasteiger partial charge on any atom is 0.407 e. The van der Waals surface area contributed by atoms with Crippen LogP contribution in [0, 0.1) is 0 Å². The van der Waals surface area contributed by atoms with Gasteiger partial charge >= 0.3 is 6.09 Å². The second kappa shape index (κ2) is 3.92. The number of aromatic nitrogens is 2. The Hall–Kier alpha value is -1.52. The van der Waals surface area contributed by atoms with E-state index >= 15 is 0 Å². The second-order valence-electron chi connectivity index (χ2n) is 4.06. The second-order valence-corrected chi connectivity index (χ2v) is 4.06. The van der Waals surface area contributed by atoms with Crippen molar-refractivity contribution in [3.8, 4) is 0 Å². The fraction of sp³-hybridized carbons (Fsp3) is 0.600. The lowest BCUT2D eigenvalue weighted by Crippen LogP contribution is -2.20. The van der Waals surface area contributed by atoms with E-state index in [0.717, 1.165) is 0 Å². The zero-order chi connectivity index (χ0) is 10.8. The number of hydrogen-bond donors (Lipinski definition) is 1. The number of carbonyl (C=O) groups excluding carboxylic acids is 1. The van der Waals surface area contributed by atoms with Gasteiger partial charge in [-0.25, -0.2) is 4.79 Å². The molecule has 0 aliphatic carbocycles. The van der Waals surface area contributed by atoms with Crippen LogP contribution in [0.3, 0.4) is 0 Å². The van der Waals surface area contributed by atoms with Gasteiger partial charge in [-0.15, -0.1) is 0 Å². The third kappa shape index (κ3) is 2.29. The Morgan fingerprint density at radius 2 is 2.53 bits per heavy atom. The quantitative estimate of drug-likeness (QED) is 0.811. The van der Waals surface area contributed by atoms with Crippen LogP contribution in [0.5, 0.6) is 0 Å². The Morgan fingerprint density at radius 1 is 1.73 bits per heavy atom. The minimum atomic E-state index is -0.337. The van der Waals surface area contributed by atoms with Crippen LogP contribution in [0.2, 0.25) is 0 Å². The van der Waals surface area contributed by atoms with Gasteiger partial charge < -0.3 is 10.1 Å². The first-order chi connectivity index (χ1) is 7.15. The Morgan fingerprint density at radius 3 is 3.07 bits per heavy atom. The number of hydrogen-bond acceptors (Lipinski definition) is 3. The SMILES string of the molecule is CC(C)c1cnn(CC2CNC(=O)O2)c1. The van der Waals surface area contributed by atoms with Crippen LogP contribution in [0.1, 0.15) is 25.3 Å². The van der Waals surface area contributed by atoms with E-state index in [0.29, 0.717) is 19.0 Å². The highest BCUT2D eigenvalue weighted by molar-refractivity contribution is 5.69. The average Bonchev–Trinajstić information content (AvgIpc) is 2.76. The molecule has 1 aliphatic heterocycles. The standard InChI is InChI=1S/C10H15N3O2/c1-7(2)8-3-12-13(5-8)6-9-4-11-10(14)15-9/h3,5,7,9H,4,6H2,1-2H3,(H,11,14). The molecule has 5 heteroatoms. The molecule has 1 aromatic heterocycles. The first-order valence-electron chi connectivity index (χ1n) is 5.12. The number of alkyl carbamates (subject to hydrolysis) is 1. The maximum absolute atomic E-state index is 10.8. The van der Waals surface area contributed by atoms with E-state index in [-0.39, 0.29) is 12.2 Å². The molecule has 1 fully saturated rings. The van der Waals surface area contributed by atoms with E-state index in [4.69, 9.17) is 4.74 Å². The van der Waals surface area contributed by atoms with Gasteiger partial charge in [0.1, 0.15) is 6.10 Å². The lowest BCUT2D eigenvalue weighted by molar-refractivity contribution is 0.129. The highest BCUT2D eigenvalue weighted by Crippen LogP contribution is 2.13. The van der Waals surface area contributed by atoms with Crippen LogP contribution in [0.4, 0.5) is 4.79 Å². The molecule has 2 rings (SSSR count). The summed E-state index contributed by atoms with van der Waals surface area (Å²) in [6.07, 6.45) is 3.42. The molecule has 1 unspecified atom stereocenters. The summed E-state index contributed by atoms with van der Waals surface area (Å²) in [5.74, 6) is 0.475. The van der Waals surface area contributed by atoms with Gasteiger partial charge in [0.2, 0.25) is 0 Å². The van der Waals surface area contributed by atoms with E-state index in [1.165, 1.54) is 5.56 Å². The van der Waals surface area contributed by atoms with E-state index in [2.05, 4.69) is 24.3 Å². The first kappa shape index (κ1) is 10.0. The molecular formula is C10H15N3O2. The molecule has 1 aromatic rings. The fourth-order valence-corrected chi connectivity index (χ4v) is 1.52. The monoisotopic (exact) mass is 209 g/mol. The zero-order valence-corrected chi connectivity index (χ0v) is 8.93. The molecule has 0 spiro atoms. The molecule has 15 heavy (non-hydrogen) atoms. The number of rotatable bonds is 3. The molecule has 1 aliphatic rings. The molecule has 0 bridgehead atoms. The molecule has 1 saturated heterocycles. The van der Waals surface area contributed by atoms with Crippen LogP contribution in [-0.2, 0) is 11.3 Å². The van der Waals surface area contributed by atoms with Gasteiger partial charge in [0, 0.05) is 6.20 Å². The third-order valence-electron chi connectivity index (χ3n) is 2.46. The highest BCUT2D eigenvalue weighted by Gasteiger charge is 2.22. The van der Waals surface area contributed by atoms with Gasteiger partial charge in [0.15, 0.2) is 0 Å². The summed E-state index contributed by atoms with van der Waals surface area (Å²) in [5.41, 5.74) is 1.20. The molecule has 1 atom stereocenters. The number of nitrogens with one attached hydrogen (secondary N) is 1. The Balaban J connectivity index is 1.96. The van der Waals surface area contributed by atoms with Crippen molar-refractivity contribution in [2.24, 2.45) is 0 Å². The topological polar surface area (TPSA) is 56.2 Å². The van der Waals surface area contributed by atoms with E-state index in [1.807, 2.05) is 17.1 Å². The third-order valence-corrected chi connectivity index (χ3v) is 2.46. The van der Waals surface area contributed by atoms with Gasteiger partial charge in [-0.3, -0.25) is 4.68 Å². The summed E-state index contributed by atoms with van der Waals surface area (Å²) in [6, 6.07) is 0. The van der Waals surface area contributed by atoms with Crippen molar-refractivity contribution in [3.05, 3.63) is 18.0 Å². The van der Waals surface area contributed by atoms with Crippen molar-refractivity contribution in [3.63, 3.8) is 0 Å². The molecule has 1 amide bonds. The molecular weight excluding hydrogens is 194 g/mol. The Bertz CT molecular complexity index is 359. The average molecular weight is 209 g/mol. The Kier molecular flexibility index (Phi) is 2.62. The summed E-state index contributed by atoms with van der Waals surface area (Å²) in [4.78, 5) is 10.8. The summed E-state index contributed by atoms with van der Waals surface area (Å²) in [5, 5.41) is 6.84. The Labute approximate surface area is 88.4 Å². The number of ether oxygens (including phenoxy) is 1. The molecule has 2 heterocycles. The lowest BCUT2D eigenvalue weighted by Gasteiger charge is -2.07. The lowest BCUT2D eigenvalue weighted by atomic mass is 10.1. The van der Waals surface area contributed by atoms with Gasteiger partial charge in [0.05, 0.1) is 19.3 Å². The molecule has 5 nitrogen and oxygen atoms in total. The van der Waals surface area contributed by atoms with Crippen LogP contribution in [-0.4, -0.2) is 28.5 Å². The minimum absolute atomic E-state index is 0.0996. The van der Waals surface area contributed by atoms with Gasteiger partial charge in [-0.05, 0) is 11.5 Å². The minimum Gasteiger partial charge on any atom is -0.442 e. The van der Waals surface area contributed by atoms with Crippen LogP contribution >= 0.6 is 0 Å². The zero-order valence-electron chi connectivity index (χ0n) is 8.93. The molecule has 0 radical (unpaired) electrons. The van der Waals surface area contributed by atoms with E-state index < -0.39 is 0 Å². The number of carbonyl (C=O) groups is 1. The summed E-state index contributed by atoms with van der Waals surface area (Å²) < 4.78 is 6.84. The van der Waals surface area contributed by atoms with E-state index in [9.17, 15) is 4.79 Å². The van der Waals surface area contributed by atoms with Crippen molar-refractivity contribution < 1.29 is 9.53 Å². The van der Waals surface area contributed by atoms with Gasteiger partial charge in [-0.2, -0.15) is 5.10 Å². The first-order valence-corrected chi connectivity index (χ1v) is 5.12. The molecule has 82 valence electrons.